The maximum Gasteiger partial charge on any atom is 0.392 e. The molecule has 7 nitrogen and oxygen atoms in total. The number of halogens is 1. The minimum Gasteiger partial charge on any atom is -0.478 e. The SMILES string of the molecule is Cc1cn(Cc2ccc(C(=O)O)cc2Br)nc1[N+](=O)[O-]. The molecule has 1 heterocycles. The lowest BCUT2D eigenvalue weighted by Gasteiger charge is -2.03. The summed E-state index contributed by atoms with van der Waals surface area (Å²) in [6, 6.07) is 4.62. The minimum atomic E-state index is -1.01. The molecule has 0 aliphatic carbocycles. The highest BCUT2D eigenvalue weighted by Crippen LogP contribution is 2.21. The van der Waals surface area contributed by atoms with Crippen LogP contribution in [0.5, 0.6) is 0 Å². The lowest BCUT2D eigenvalue weighted by Crippen LogP contribution is -2.03. The number of nitrogens with zero attached hydrogens (tertiary/aromatic N) is 3. The number of hydrogen-bond donors (Lipinski definition) is 1. The number of carboxylic acid groups (broad SMARTS) is 1. The Balaban J connectivity index is 2.28. The monoisotopic (exact) mass is 339 g/mol. The van der Waals surface area contributed by atoms with E-state index in [1.54, 1.807) is 19.2 Å². The molecule has 8 heteroatoms. The van der Waals surface area contributed by atoms with Crippen LogP contribution in [0, 0.1) is 17.0 Å². The topological polar surface area (TPSA) is 98.3 Å². The molecule has 1 N–H and O–H groups in total. The maximum atomic E-state index is 10.8. The van der Waals surface area contributed by atoms with Crippen molar-refractivity contribution in [2.45, 2.75) is 13.5 Å². The van der Waals surface area contributed by atoms with E-state index in [9.17, 15) is 14.9 Å². The number of aromatic carboxylic acids is 1. The Morgan fingerprint density at radius 3 is 2.75 bits per heavy atom. The molecule has 1 aromatic heterocycles. The Kier molecular flexibility index (Phi) is 3.84. The fourth-order valence-electron chi connectivity index (χ4n) is 1.76. The van der Waals surface area contributed by atoms with Gasteiger partial charge in [0, 0.05) is 4.47 Å². The van der Waals surface area contributed by atoms with E-state index in [1.807, 2.05) is 0 Å². The first-order valence-corrected chi connectivity index (χ1v) is 6.38. The van der Waals surface area contributed by atoms with Gasteiger partial charge in [0.2, 0.25) is 0 Å². The molecule has 0 radical (unpaired) electrons. The molecule has 104 valence electrons. The van der Waals surface area contributed by atoms with E-state index < -0.39 is 10.9 Å². The fourth-order valence-corrected chi connectivity index (χ4v) is 2.26. The zero-order chi connectivity index (χ0) is 14.9. The van der Waals surface area contributed by atoms with Crippen LogP contribution in [0.15, 0.2) is 28.9 Å². The summed E-state index contributed by atoms with van der Waals surface area (Å²) in [6.07, 6.45) is 1.58. The normalized spacial score (nSPS) is 10.5. The van der Waals surface area contributed by atoms with Crippen LogP contribution < -0.4 is 0 Å². The predicted octanol–water partition coefficient (Wildman–Crippen LogP) is 2.61. The average molecular weight is 340 g/mol. The van der Waals surface area contributed by atoms with Crippen molar-refractivity contribution < 1.29 is 14.8 Å². The van der Waals surface area contributed by atoms with Gasteiger partial charge in [0.15, 0.2) is 0 Å². The van der Waals surface area contributed by atoms with Crippen LogP contribution in [0.3, 0.4) is 0 Å². The van der Waals surface area contributed by atoms with E-state index >= 15 is 0 Å². The van der Waals surface area contributed by atoms with E-state index in [1.165, 1.54) is 16.8 Å². The molecule has 20 heavy (non-hydrogen) atoms. The van der Waals surface area contributed by atoms with Crippen molar-refractivity contribution in [3.63, 3.8) is 0 Å². The van der Waals surface area contributed by atoms with Crippen molar-refractivity contribution in [2.75, 3.05) is 0 Å². The molecule has 0 aliphatic rings. The Bertz CT molecular complexity index is 696. The van der Waals surface area contributed by atoms with Crippen LogP contribution in [0.2, 0.25) is 0 Å². The van der Waals surface area contributed by atoms with Crippen molar-refractivity contribution in [3.8, 4) is 0 Å². The molecule has 0 amide bonds. The first-order chi connectivity index (χ1) is 9.38. The standard InChI is InChI=1S/C12H10BrN3O4/c1-7-5-15(14-11(7)16(19)20)6-9-3-2-8(12(17)18)4-10(9)13/h2-5H,6H2,1H3,(H,17,18). The molecule has 1 aromatic carbocycles. The summed E-state index contributed by atoms with van der Waals surface area (Å²) in [5.41, 5.74) is 1.43. The number of aryl methyl sites for hydroxylation is 1. The first-order valence-electron chi connectivity index (χ1n) is 5.58. The largest absolute Gasteiger partial charge is 0.478 e. The Hall–Kier alpha value is -2.22. The average Bonchev–Trinajstić information content (AvgIpc) is 2.73. The molecule has 2 rings (SSSR count). The molecule has 0 saturated carbocycles. The van der Waals surface area contributed by atoms with Crippen molar-refractivity contribution >= 4 is 27.7 Å². The van der Waals surface area contributed by atoms with Crippen LogP contribution in [-0.4, -0.2) is 25.8 Å². The molecule has 0 fully saturated rings. The highest BCUT2D eigenvalue weighted by atomic mass is 79.9. The van der Waals surface area contributed by atoms with E-state index in [0.29, 0.717) is 16.6 Å². The van der Waals surface area contributed by atoms with Gasteiger partial charge in [-0.1, -0.05) is 22.0 Å². The Morgan fingerprint density at radius 2 is 2.25 bits per heavy atom. The van der Waals surface area contributed by atoms with E-state index in [0.717, 1.165) is 5.56 Å². The second kappa shape index (κ2) is 5.41. The smallest absolute Gasteiger partial charge is 0.392 e. The zero-order valence-corrected chi connectivity index (χ0v) is 12.0. The number of carboxylic acids is 1. The van der Waals surface area contributed by atoms with Gasteiger partial charge in [-0.2, -0.15) is 4.68 Å². The van der Waals surface area contributed by atoms with Crippen LogP contribution in [0.1, 0.15) is 21.5 Å². The number of carbonyl (C=O) groups is 1. The van der Waals surface area contributed by atoms with Gasteiger partial charge in [0.1, 0.15) is 0 Å². The third-order valence-corrected chi connectivity index (χ3v) is 3.46. The van der Waals surface area contributed by atoms with Crippen LogP contribution in [0.25, 0.3) is 0 Å². The molecule has 0 aliphatic heterocycles. The number of benzene rings is 1. The van der Waals surface area contributed by atoms with Crippen molar-refractivity contribution in [1.29, 1.82) is 0 Å². The van der Waals surface area contributed by atoms with Crippen molar-refractivity contribution in [1.82, 2.24) is 9.78 Å². The molecule has 0 bridgehead atoms. The van der Waals surface area contributed by atoms with Gasteiger partial charge in [-0.25, -0.2) is 4.79 Å². The highest BCUT2D eigenvalue weighted by Gasteiger charge is 2.17. The summed E-state index contributed by atoms with van der Waals surface area (Å²) in [6.45, 7) is 1.93. The molecule has 0 unspecified atom stereocenters. The first kappa shape index (κ1) is 14.2. The molecule has 0 atom stereocenters. The predicted molar refractivity (Wildman–Crippen MR) is 73.8 cm³/mol. The summed E-state index contributed by atoms with van der Waals surface area (Å²) < 4.78 is 2.07. The number of nitro groups is 1. The van der Waals surface area contributed by atoms with Gasteiger partial charge >= 0.3 is 11.8 Å². The number of aromatic nitrogens is 2. The zero-order valence-electron chi connectivity index (χ0n) is 10.4. The number of hydrogen-bond acceptors (Lipinski definition) is 4. The van der Waals surface area contributed by atoms with Crippen LogP contribution in [-0.2, 0) is 6.54 Å². The van der Waals surface area contributed by atoms with Gasteiger partial charge in [0.05, 0.1) is 29.0 Å². The van der Waals surface area contributed by atoms with Gasteiger partial charge in [-0.3, -0.25) is 0 Å². The molecular weight excluding hydrogens is 330 g/mol. The van der Waals surface area contributed by atoms with Crippen molar-refractivity contribution in [3.05, 3.63) is 55.7 Å². The minimum absolute atomic E-state index is 0.170. The maximum absolute atomic E-state index is 10.8. The molecule has 2 aromatic rings. The van der Waals surface area contributed by atoms with Gasteiger partial charge in [-0.05, 0) is 29.5 Å². The summed E-state index contributed by atoms with van der Waals surface area (Å²) >= 11 is 3.29. The third kappa shape index (κ3) is 2.85. The van der Waals surface area contributed by atoms with E-state index in [4.69, 9.17) is 5.11 Å². The highest BCUT2D eigenvalue weighted by molar-refractivity contribution is 9.10. The van der Waals surface area contributed by atoms with Crippen LogP contribution in [0.4, 0.5) is 5.82 Å². The van der Waals surface area contributed by atoms with Gasteiger partial charge in [0.25, 0.3) is 0 Å². The lowest BCUT2D eigenvalue weighted by atomic mass is 10.1. The summed E-state index contributed by atoms with van der Waals surface area (Å²) in [5.74, 6) is -1.19. The fraction of sp³-hybridized carbons (Fsp3) is 0.167. The third-order valence-electron chi connectivity index (χ3n) is 2.72. The quantitative estimate of drug-likeness (QED) is 0.681. The van der Waals surface area contributed by atoms with E-state index in [2.05, 4.69) is 21.0 Å². The Labute approximate surface area is 122 Å². The van der Waals surface area contributed by atoms with E-state index in [-0.39, 0.29) is 11.4 Å². The van der Waals surface area contributed by atoms with Crippen LogP contribution >= 0.6 is 15.9 Å². The summed E-state index contributed by atoms with van der Waals surface area (Å²) in [7, 11) is 0. The second-order valence-corrected chi connectivity index (χ2v) is 5.06. The summed E-state index contributed by atoms with van der Waals surface area (Å²) in [5, 5.41) is 23.5. The van der Waals surface area contributed by atoms with Gasteiger partial charge in [-0.15, -0.1) is 0 Å². The summed E-state index contributed by atoms with van der Waals surface area (Å²) in [4.78, 5) is 21.0. The van der Waals surface area contributed by atoms with Crippen molar-refractivity contribution in [2.24, 2.45) is 0 Å². The molecular formula is C12H10BrN3O4. The second-order valence-electron chi connectivity index (χ2n) is 4.20. The molecule has 0 saturated heterocycles. The number of rotatable bonds is 4. The molecule has 0 spiro atoms. The lowest BCUT2D eigenvalue weighted by molar-refractivity contribution is -0.390. The van der Waals surface area contributed by atoms with Gasteiger partial charge < -0.3 is 15.2 Å². The Morgan fingerprint density at radius 1 is 1.55 bits per heavy atom.